The van der Waals surface area contributed by atoms with E-state index in [1.807, 2.05) is 43.5 Å². The van der Waals surface area contributed by atoms with Gasteiger partial charge in [-0.15, -0.1) is 11.3 Å². The van der Waals surface area contributed by atoms with Crippen LogP contribution in [0.15, 0.2) is 35.8 Å². The smallest absolute Gasteiger partial charge is 0.319 e. The van der Waals surface area contributed by atoms with E-state index >= 15 is 0 Å². The zero-order chi connectivity index (χ0) is 15.9. The number of methoxy groups -OCH3 is 1. The van der Waals surface area contributed by atoms with E-state index < -0.39 is 0 Å². The fourth-order valence-corrected chi connectivity index (χ4v) is 2.69. The molecular formula is C16H21N3O2S. The lowest BCUT2D eigenvalue weighted by Crippen LogP contribution is -2.31. The van der Waals surface area contributed by atoms with Crippen LogP contribution in [0, 0.1) is 0 Å². The van der Waals surface area contributed by atoms with Gasteiger partial charge in [-0.1, -0.05) is 19.1 Å². The van der Waals surface area contributed by atoms with Gasteiger partial charge >= 0.3 is 6.03 Å². The number of carbonyl (C=O) groups excluding carboxylic acids is 1. The van der Waals surface area contributed by atoms with E-state index in [0.29, 0.717) is 6.54 Å². The molecule has 0 aliphatic carbocycles. The summed E-state index contributed by atoms with van der Waals surface area (Å²) in [5.74, 6) is 0.200. The van der Waals surface area contributed by atoms with Gasteiger partial charge in [-0.2, -0.15) is 0 Å². The molecule has 1 aromatic heterocycles. The molecule has 6 heteroatoms. The van der Waals surface area contributed by atoms with Gasteiger partial charge in [-0.25, -0.2) is 9.78 Å². The summed E-state index contributed by atoms with van der Waals surface area (Å²) in [5, 5.41) is 8.67. The van der Waals surface area contributed by atoms with Crippen LogP contribution in [0.3, 0.4) is 0 Å². The summed E-state index contributed by atoms with van der Waals surface area (Å²) in [6, 6.07) is 7.43. The molecule has 118 valence electrons. The Morgan fingerprint density at radius 1 is 1.41 bits per heavy atom. The van der Waals surface area contributed by atoms with E-state index in [4.69, 9.17) is 4.74 Å². The first-order chi connectivity index (χ1) is 10.6. The number of aromatic nitrogens is 1. The number of hydrogen-bond acceptors (Lipinski definition) is 4. The third-order valence-electron chi connectivity index (χ3n) is 3.41. The lowest BCUT2D eigenvalue weighted by molar-refractivity contribution is 0.119. The second-order valence-electron chi connectivity index (χ2n) is 5.11. The first kappa shape index (κ1) is 16.5. The molecule has 0 aliphatic rings. The van der Waals surface area contributed by atoms with Crippen LogP contribution < -0.4 is 10.6 Å². The van der Waals surface area contributed by atoms with Crippen LogP contribution in [0.5, 0.6) is 0 Å². The lowest BCUT2D eigenvalue weighted by Gasteiger charge is -2.13. The lowest BCUT2D eigenvalue weighted by atomic mass is 10.1. The highest BCUT2D eigenvalue weighted by atomic mass is 32.1. The number of anilines is 1. The molecular weight excluding hydrogens is 298 g/mol. The van der Waals surface area contributed by atoms with Crippen molar-refractivity contribution in [1.82, 2.24) is 10.3 Å². The number of rotatable bonds is 6. The molecule has 2 rings (SSSR count). The summed E-state index contributed by atoms with van der Waals surface area (Å²) in [5.41, 5.74) is 1.78. The summed E-state index contributed by atoms with van der Waals surface area (Å²) in [7, 11) is 1.66. The van der Waals surface area contributed by atoms with Crippen LogP contribution in [0.2, 0.25) is 0 Å². The van der Waals surface area contributed by atoms with Gasteiger partial charge in [-0.3, -0.25) is 0 Å². The van der Waals surface area contributed by atoms with Crippen LogP contribution >= 0.6 is 11.3 Å². The number of thiazole rings is 1. The molecule has 1 aromatic carbocycles. The Labute approximate surface area is 134 Å². The van der Waals surface area contributed by atoms with Gasteiger partial charge < -0.3 is 15.4 Å². The van der Waals surface area contributed by atoms with Crippen molar-refractivity contribution in [2.45, 2.75) is 25.9 Å². The highest BCUT2D eigenvalue weighted by molar-refractivity contribution is 7.09. The third kappa shape index (κ3) is 4.54. The van der Waals surface area contributed by atoms with Gasteiger partial charge in [0.2, 0.25) is 0 Å². The first-order valence-corrected chi connectivity index (χ1v) is 8.05. The van der Waals surface area contributed by atoms with Crippen LogP contribution in [-0.4, -0.2) is 24.7 Å². The number of amides is 2. The van der Waals surface area contributed by atoms with Crippen molar-refractivity contribution in [1.29, 1.82) is 0 Å². The minimum absolute atomic E-state index is 0.00487. The Balaban J connectivity index is 1.87. The summed E-state index contributed by atoms with van der Waals surface area (Å²) < 4.78 is 5.28. The maximum atomic E-state index is 12.0. The molecule has 0 spiro atoms. The molecule has 2 aromatic rings. The number of hydrogen-bond donors (Lipinski definition) is 2. The molecule has 0 fully saturated rings. The topological polar surface area (TPSA) is 63.2 Å². The Morgan fingerprint density at radius 2 is 2.23 bits per heavy atom. The summed E-state index contributed by atoms with van der Waals surface area (Å²) >= 11 is 1.60. The van der Waals surface area contributed by atoms with E-state index in [9.17, 15) is 4.79 Å². The van der Waals surface area contributed by atoms with Gasteiger partial charge in [0, 0.05) is 36.8 Å². The molecule has 1 heterocycles. The van der Waals surface area contributed by atoms with E-state index in [2.05, 4.69) is 15.6 Å². The zero-order valence-corrected chi connectivity index (χ0v) is 13.8. The quantitative estimate of drug-likeness (QED) is 0.852. The van der Waals surface area contributed by atoms with Gasteiger partial charge in [0.15, 0.2) is 0 Å². The van der Waals surface area contributed by atoms with Gasteiger partial charge in [-0.05, 0) is 24.6 Å². The second-order valence-corrected chi connectivity index (χ2v) is 6.04. The standard InChI is InChI=1S/C16H21N3O2S/c1-11(15-17-7-8-22-15)10-18-16(20)19-14-6-4-5-13(9-14)12(2)21-3/h4-9,11-12H,10H2,1-3H3,(H2,18,19,20)/t11-,12-/m0/s1. The van der Waals surface area contributed by atoms with Gasteiger partial charge in [0.25, 0.3) is 0 Å². The van der Waals surface area contributed by atoms with E-state index in [0.717, 1.165) is 16.3 Å². The van der Waals surface area contributed by atoms with Gasteiger partial charge in [0.1, 0.15) is 0 Å². The minimum Gasteiger partial charge on any atom is -0.377 e. The Hall–Kier alpha value is -1.92. The summed E-state index contributed by atoms with van der Waals surface area (Å²) in [6.07, 6.45) is 1.77. The third-order valence-corrected chi connectivity index (χ3v) is 4.42. The molecule has 0 aliphatic heterocycles. The number of urea groups is 1. The van der Waals surface area contributed by atoms with E-state index in [-0.39, 0.29) is 18.1 Å². The monoisotopic (exact) mass is 319 g/mol. The molecule has 2 N–H and O–H groups in total. The molecule has 0 saturated heterocycles. The van der Waals surface area contributed by atoms with Crippen molar-refractivity contribution < 1.29 is 9.53 Å². The van der Waals surface area contributed by atoms with E-state index in [1.54, 1.807) is 24.6 Å². The summed E-state index contributed by atoms with van der Waals surface area (Å²) in [6.45, 7) is 4.56. The maximum Gasteiger partial charge on any atom is 0.319 e. The number of nitrogens with zero attached hydrogens (tertiary/aromatic N) is 1. The predicted molar refractivity (Wildman–Crippen MR) is 89.4 cm³/mol. The Bertz CT molecular complexity index is 601. The summed E-state index contributed by atoms with van der Waals surface area (Å²) in [4.78, 5) is 16.2. The fourth-order valence-electron chi connectivity index (χ4n) is 1.99. The van der Waals surface area contributed by atoms with Crippen LogP contribution in [0.25, 0.3) is 0 Å². The molecule has 0 bridgehead atoms. The number of ether oxygens (including phenoxy) is 1. The van der Waals surface area contributed by atoms with Crippen molar-refractivity contribution in [3.05, 3.63) is 46.4 Å². The number of nitrogens with one attached hydrogen (secondary N) is 2. The molecule has 0 radical (unpaired) electrons. The molecule has 5 nitrogen and oxygen atoms in total. The van der Waals surface area contributed by atoms with Crippen molar-refractivity contribution >= 4 is 23.1 Å². The Kier molecular flexibility index (Phi) is 5.91. The van der Waals surface area contributed by atoms with Crippen molar-refractivity contribution in [3.8, 4) is 0 Å². The normalized spacial score (nSPS) is 13.4. The molecule has 2 amide bonds. The molecule has 22 heavy (non-hydrogen) atoms. The van der Waals surface area contributed by atoms with Crippen molar-refractivity contribution in [2.75, 3.05) is 19.0 Å². The van der Waals surface area contributed by atoms with Crippen LogP contribution in [-0.2, 0) is 4.74 Å². The average Bonchev–Trinajstić information content (AvgIpc) is 3.06. The highest BCUT2D eigenvalue weighted by Gasteiger charge is 2.10. The first-order valence-electron chi connectivity index (χ1n) is 7.17. The SMILES string of the molecule is CO[C@@H](C)c1cccc(NC(=O)NC[C@H](C)c2nccs2)c1. The molecule has 2 atom stereocenters. The fraction of sp³-hybridized carbons (Fsp3) is 0.375. The highest BCUT2D eigenvalue weighted by Crippen LogP contribution is 2.20. The van der Waals surface area contributed by atoms with Crippen molar-refractivity contribution in [3.63, 3.8) is 0 Å². The number of carbonyl (C=O) groups is 1. The second kappa shape index (κ2) is 7.91. The van der Waals surface area contributed by atoms with E-state index in [1.165, 1.54) is 0 Å². The Morgan fingerprint density at radius 3 is 2.91 bits per heavy atom. The molecule has 0 saturated carbocycles. The van der Waals surface area contributed by atoms with Crippen LogP contribution in [0.1, 0.15) is 36.4 Å². The van der Waals surface area contributed by atoms with Crippen molar-refractivity contribution in [2.24, 2.45) is 0 Å². The van der Waals surface area contributed by atoms with Crippen LogP contribution in [0.4, 0.5) is 10.5 Å². The molecule has 0 unspecified atom stereocenters. The number of benzene rings is 1. The van der Waals surface area contributed by atoms with Gasteiger partial charge in [0.05, 0.1) is 11.1 Å². The zero-order valence-electron chi connectivity index (χ0n) is 13.0. The predicted octanol–water partition coefficient (Wildman–Crippen LogP) is 3.78. The maximum absolute atomic E-state index is 12.0. The average molecular weight is 319 g/mol. The largest absolute Gasteiger partial charge is 0.377 e. The minimum atomic E-state index is -0.217.